The van der Waals surface area contributed by atoms with E-state index in [0.717, 1.165) is 64.2 Å². The number of aliphatic hydroxyl groups excluding tert-OH is 2. The predicted octanol–water partition coefficient (Wildman–Crippen LogP) is 5.26. The molecule has 372 valence electrons. The molecule has 8 rings (SSSR count). The number of nitrogens with one attached hydrogen (secondary N) is 2. The zero-order valence-corrected chi connectivity index (χ0v) is 38.1. The third-order valence-electron chi connectivity index (χ3n) is 14.8. The van der Waals surface area contributed by atoms with Gasteiger partial charge in [-0.1, -0.05) is 62.8 Å². The Labute approximate surface area is 389 Å². The van der Waals surface area contributed by atoms with Crippen molar-refractivity contribution in [1.82, 2.24) is 29.6 Å². The molecule has 2 saturated heterocycles. The molecule has 14 nitrogen and oxygen atoms in total. The van der Waals surface area contributed by atoms with Crippen LogP contribution in [0.1, 0.15) is 113 Å². The zero-order valence-electron chi connectivity index (χ0n) is 38.1. The number of aromatic nitrogens is 2. The number of carbonyl (C=O) groups is 4. The Morgan fingerprint density at radius 3 is 1.26 bits per heavy atom. The first-order valence-corrected chi connectivity index (χ1v) is 23.6. The molecule has 20 heteroatoms. The number of hydrogen-bond donors (Lipinski definition) is 4. The lowest BCUT2D eigenvalue weighted by Gasteiger charge is -2.40. The van der Waals surface area contributed by atoms with E-state index in [4.69, 9.17) is 0 Å². The second-order valence-electron chi connectivity index (χ2n) is 18.9. The van der Waals surface area contributed by atoms with Crippen molar-refractivity contribution >= 4 is 35.8 Å². The molecular weight excluding hydrogens is 903 g/mol. The van der Waals surface area contributed by atoms with Gasteiger partial charge in [0.1, 0.15) is 13.1 Å². The summed E-state index contributed by atoms with van der Waals surface area (Å²) in [6.45, 7) is -0.232. The van der Waals surface area contributed by atoms with Crippen LogP contribution in [-0.2, 0) is 32.3 Å². The van der Waals surface area contributed by atoms with Gasteiger partial charge in [-0.25, -0.2) is 0 Å². The largest absolute Gasteiger partial charge is 0.405 e. The Hall–Kier alpha value is -5.24. The summed E-state index contributed by atoms with van der Waals surface area (Å²) in [6, 6.07) is 3.42. The summed E-state index contributed by atoms with van der Waals surface area (Å²) in [4.78, 5) is 82.9. The third-order valence-corrected chi connectivity index (χ3v) is 14.8. The molecule has 2 aromatic heterocycles. The van der Waals surface area contributed by atoms with Crippen molar-refractivity contribution in [2.75, 3.05) is 26.3 Å². The first-order valence-electron chi connectivity index (χ1n) is 23.6. The molecule has 6 aliphatic rings. The van der Waals surface area contributed by atoms with E-state index in [1.54, 1.807) is 72.2 Å². The number of alkyl halides is 6. The van der Waals surface area contributed by atoms with Crippen LogP contribution < -0.4 is 21.8 Å². The van der Waals surface area contributed by atoms with Crippen molar-refractivity contribution in [2.24, 2.45) is 35.5 Å². The van der Waals surface area contributed by atoms with Crippen LogP contribution in [0.3, 0.4) is 0 Å². The number of hydrogen-bond acceptors (Lipinski definition) is 8. The van der Waals surface area contributed by atoms with Gasteiger partial charge in [0, 0.05) is 72.5 Å². The summed E-state index contributed by atoms with van der Waals surface area (Å²) >= 11 is 0. The van der Waals surface area contributed by atoms with Gasteiger partial charge >= 0.3 is 12.4 Å². The normalized spacial score (nSPS) is 27.1. The average Bonchev–Trinajstić information content (AvgIpc) is 3.70. The van der Waals surface area contributed by atoms with Crippen molar-refractivity contribution in [3.8, 4) is 0 Å². The minimum Gasteiger partial charge on any atom is -0.396 e. The van der Waals surface area contributed by atoms with Crippen LogP contribution in [0.4, 0.5) is 26.3 Å². The number of rotatable bonds is 10. The van der Waals surface area contributed by atoms with Crippen LogP contribution in [-0.4, -0.2) is 104 Å². The van der Waals surface area contributed by atoms with E-state index in [2.05, 4.69) is 0 Å². The topological polar surface area (TPSA) is 183 Å². The second kappa shape index (κ2) is 20.8. The van der Waals surface area contributed by atoms with E-state index in [1.807, 2.05) is 10.6 Å². The minimum absolute atomic E-state index is 0.0861. The van der Waals surface area contributed by atoms with Crippen molar-refractivity contribution in [3.05, 3.63) is 79.6 Å². The highest BCUT2D eigenvalue weighted by atomic mass is 19.4. The molecule has 4 fully saturated rings. The molecule has 4 aliphatic heterocycles. The number of amides is 4. The Morgan fingerprint density at radius 1 is 0.603 bits per heavy atom. The van der Waals surface area contributed by atoms with Crippen LogP contribution >= 0.6 is 0 Å². The van der Waals surface area contributed by atoms with Gasteiger partial charge in [-0.2, -0.15) is 26.3 Å². The number of fused-ring (bicyclic) bond motifs is 8. The van der Waals surface area contributed by atoms with Gasteiger partial charge in [0.25, 0.3) is 11.1 Å². The molecule has 0 spiro atoms. The Morgan fingerprint density at radius 2 is 0.956 bits per heavy atom. The molecule has 0 aromatic carbocycles. The molecule has 4 bridgehead atoms. The van der Waals surface area contributed by atoms with Crippen LogP contribution in [0.15, 0.2) is 46.0 Å². The number of allylic oxidation sites excluding steroid dienone is 2. The van der Waals surface area contributed by atoms with Gasteiger partial charge in [-0.3, -0.25) is 28.8 Å². The summed E-state index contributed by atoms with van der Waals surface area (Å²) < 4.78 is 80.0. The lowest BCUT2D eigenvalue weighted by Crippen LogP contribution is -2.51. The molecule has 2 aromatic rings. The van der Waals surface area contributed by atoms with Crippen LogP contribution in [0.5, 0.6) is 0 Å². The van der Waals surface area contributed by atoms with Gasteiger partial charge in [0.2, 0.25) is 23.6 Å². The maximum atomic E-state index is 13.7. The van der Waals surface area contributed by atoms with E-state index >= 15 is 0 Å². The Bertz CT molecular complexity index is 2220. The Balaban J connectivity index is 0.000000201. The Kier molecular flexibility index (Phi) is 15.5. The lowest BCUT2D eigenvalue weighted by atomic mass is 9.86. The highest BCUT2D eigenvalue weighted by Gasteiger charge is 2.60. The van der Waals surface area contributed by atoms with Gasteiger partial charge in [0.15, 0.2) is 0 Å². The molecule has 4 N–H and O–H groups in total. The van der Waals surface area contributed by atoms with E-state index in [1.165, 1.54) is 9.13 Å². The van der Waals surface area contributed by atoms with Gasteiger partial charge in [0.05, 0.1) is 36.0 Å². The number of nitrogens with zero attached hydrogens (tertiary/aromatic N) is 4. The minimum atomic E-state index is -4.59. The summed E-state index contributed by atoms with van der Waals surface area (Å²) in [5.41, 5.74) is 1.14. The molecule has 2 saturated carbocycles. The quantitative estimate of drug-likeness (QED) is 0.233. The number of aliphatic hydroxyl groups is 2. The summed E-state index contributed by atoms with van der Waals surface area (Å²) in [7, 11) is 0. The summed E-state index contributed by atoms with van der Waals surface area (Å²) in [5.74, 6) is -6.23. The predicted molar refractivity (Wildman–Crippen MR) is 237 cm³/mol. The molecule has 2 aliphatic carbocycles. The summed E-state index contributed by atoms with van der Waals surface area (Å²) in [5, 5.41) is 24.3. The number of carbonyl (C=O) groups excluding carboxylic acids is 4. The summed E-state index contributed by atoms with van der Waals surface area (Å²) in [6.07, 6.45) is 6.23. The fourth-order valence-electron chi connectivity index (χ4n) is 11.8. The monoisotopic (exact) mass is 962 g/mol. The average molecular weight is 963 g/mol. The van der Waals surface area contributed by atoms with Crippen molar-refractivity contribution in [3.63, 3.8) is 0 Å². The zero-order chi connectivity index (χ0) is 49.2. The van der Waals surface area contributed by atoms with E-state index in [9.17, 15) is 65.3 Å². The van der Waals surface area contributed by atoms with E-state index < -0.39 is 98.3 Å². The molecule has 0 unspecified atom stereocenters. The fraction of sp³-hybridized carbons (Fsp3) is 0.625. The first-order chi connectivity index (χ1) is 32.3. The number of pyridine rings is 2. The van der Waals surface area contributed by atoms with Gasteiger partial charge in [-0.05, 0) is 63.8 Å². The van der Waals surface area contributed by atoms with E-state index in [0.29, 0.717) is 22.5 Å². The standard InChI is InChI=1S/2C24H30F3N3O4/c2*1-2-6-14-9-10-17-20-19(21(32)28-13-24(25,26)27)16(12-31)18(11-29(17)22(14)33)30(20)23(34)15-7-4-3-5-8-15/h2*2,6,9-10,15-16,18-20,31H,3-5,7-8,11-13H2,1H3,(H,28,32)/b6-2+;6-2-/t2*16-,18-,19+,20+/m11/s1. The first kappa shape index (κ1) is 50.6. The third kappa shape index (κ3) is 10.1. The van der Waals surface area contributed by atoms with Crippen molar-refractivity contribution < 1.29 is 55.7 Å². The van der Waals surface area contributed by atoms with E-state index in [-0.39, 0.29) is 47.9 Å². The lowest BCUT2D eigenvalue weighted by molar-refractivity contribution is -0.145. The molecule has 0 radical (unpaired) electrons. The molecule has 4 amide bonds. The highest BCUT2D eigenvalue weighted by Crippen LogP contribution is 2.51. The van der Waals surface area contributed by atoms with Crippen molar-refractivity contribution in [2.45, 2.75) is 128 Å². The maximum Gasteiger partial charge on any atom is 0.405 e. The molecule has 6 heterocycles. The maximum absolute atomic E-state index is 13.7. The molecular formula is C48H60F6N6O8. The van der Waals surface area contributed by atoms with Gasteiger partial charge in [-0.15, -0.1) is 0 Å². The SMILES string of the molecule is C/C=C/c1ccc2n(c1=O)C[C@@H]1[C@@H](CO)[C@H](C(=O)NCC(F)(F)F)[C@H]2N1C(=O)C1CCCCC1.C/C=C\c1ccc2n(c1=O)C[C@@H]1[C@@H](CO)[C@H](C(=O)NCC(F)(F)F)[C@H]2N1C(=O)C1CCCCC1. The molecule has 68 heavy (non-hydrogen) atoms. The fourth-order valence-corrected chi connectivity index (χ4v) is 11.8. The molecule has 8 atom stereocenters. The van der Waals surface area contributed by atoms with Crippen molar-refractivity contribution in [1.29, 1.82) is 0 Å². The van der Waals surface area contributed by atoms with Crippen LogP contribution in [0.25, 0.3) is 12.2 Å². The smallest absolute Gasteiger partial charge is 0.396 e. The highest BCUT2D eigenvalue weighted by molar-refractivity contribution is 5.86. The second-order valence-corrected chi connectivity index (χ2v) is 18.9. The van der Waals surface area contributed by atoms with Crippen LogP contribution in [0, 0.1) is 35.5 Å². The van der Waals surface area contributed by atoms with Crippen LogP contribution in [0.2, 0.25) is 0 Å². The number of halogens is 6. The van der Waals surface area contributed by atoms with Gasteiger partial charge < -0.3 is 39.8 Å².